The molecule has 1 aliphatic rings. The maximum Gasteiger partial charge on any atom is 0.412 e. The molecule has 0 unspecified atom stereocenters. The number of carbonyl (C=O) groups excluding carboxylic acids is 3. The third-order valence-electron chi connectivity index (χ3n) is 5.90. The first kappa shape index (κ1) is 24.3. The number of carbonyl (C=O) groups is 3. The first-order chi connectivity index (χ1) is 16.7. The maximum atomic E-state index is 13.3. The van der Waals surface area contributed by atoms with E-state index < -0.39 is 11.7 Å². The van der Waals surface area contributed by atoms with Crippen molar-refractivity contribution < 1.29 is 19.1 Å². The number of hydrogen-bond acceptors (Lipinski definition) is 4. The number of nitrogens with one attached hydrogen (secondary N) is 2. The largest absolute Gasteiger partial charge is 0.444 e. The topological polar surface area (TPSA) is 87.7 Å². The lowest BCUT2D eigenvalue weighted by Gasteiger charge is -2.32. The predicted molar refractivity (Wildman–Crippen MR) is 137 cm³/mol. The van der Waals surface area contributed by atoms with Crippen molar-refractivity contribution in [3.63, 3.8) is 0 Å². The standard InChI is InChI=1S/C28H31N3O4/c1-28(2,3)35-27(34)30-24-18-21-12-8-7-11-20(21)17-23(24)25(32)29-22-13-15-31(16-14-22)26(33)19-9-5-4-6-10-19/h4-12,17-18,22H,13-16H2,1-3H3,(H,29,32)(H,30,34). The van der Waals surface area contributed by atoms with Crippen molar-refractivity contribution in [3.05, 3.63) is 77.9 Å². The zero-order chi connectivity index (χ0) is 25.0. The lowest BCUT2D eigenvalue weighted by Crippen LogP contribution is -2.46. The number of benzene rings is 3. The van der Waals surface area contributed by atoms with E-state index in [4.69, 9.17) is 4.74 Å². The van der Waals surface area contributed by atoms with Gasteiger partial charge < -0.3 is 15.0 Å². The van der Waals surface area contributed by atoms with Crippen molar-refractivity contribution in [1.29, 1.82) is 0 Å². The van der Waals surface area contributed by atoms with Crippen molar-refractivity contribution >= 4 is 34.4 Å². The molecule has 3 aromatic rings. The Morgan fingerprint density at radius 2 is 1.49 bits per heavy atom. The molecule has 2 N–H and O–H groups in total. The van der Waals surface area contributed by atoms with Gasteiger partial charge in [-0.3, -0.25) is 14.9 Å². The van der Waals surface area contributed by atoms with E-state index in [0.717, 1.165) is 10.8 Å². The van der Waals surface area contributed by atoms with Gasteiger partial charge in [0.05, 0.1) is 11.3 Å². The van der Waals surface area contributed by atoms with Crippen molar-refractivity contribution in [3.8, 4) is 0 Å². The fourth-order valence-electron chi connectivity index (χ4n) is 4.20. The van der Waals surface area contributed by atoms with Gasteiger partial charge in [-0.1, -0.05) is 42.5 Å². The Bertz CT molecular complexity index is 1230. The monoisotopic (exact) mass is 473 g/mol. The number of ether oxygens (including phenoxy) is 1. The molecule has 0 bridgehead atoms. The zero-order valence-corrected chi connectivity index (χ0v) is 20.3. The van der Waals surface area contributed by atoms with Crippen molar-refractivity contribution in [1.82, 2.24) is 10.2 Å². The van der Waals surface area contributed by atoms with Crippen LogP contribution in [0.2, 0.25) is 0 Å². The third kappa shape index (κ3) is 6.18. The van der Waals surface area contributed by atoms with Gasteiger partial charge in [0.1, 0.15) is 5.60 Å². The number of nitrogens with zero attached hydrogens (tertiary/aromatic N) is 1. The highest BCUT2D eigenvalue weighted by atomic mass is 16.6. The van der Waals surface area contributed by atoms with Crippen LogP contribution in [0.25, 0.3) is 10.8 Å². The normalized spacial score (nSPS) is 14.4. The van der Waals surface area contributed by atoms with Gasteiger partial charge in [-0.05, 0) is 68.7 Å². The molecule has 0 saturated carbocycles. The second kappa shape index (κ2) is 10.2. The summed E-state index contributed by atoms with van der Waals surface area (Å²) in [5.41, 5.74) is 0.780. The van der Waals surface area contributed by atoms with Gasteiger partial charge in [0, 0.05) is 24.7 Å². The van der Waals surface area contributed by atoms with Crippen LogP contribution >= 0.6 is 0 Å². The molecule has 0 spiro atoms. The molecule has 35 heavy (non-hydrogen) atoms. The Morgan fingerprint density at radius 3 is 2.11 bits per heavy atom. The molecule has 1 saturated heterocycles. The lowest BCUT2D eigenvalue weighted by molar-refractivity contribution is 0.0634. The van der Waals surface area contributed by atoms with E-state index >= 15 is 0 Å². The minimum Gasteiger partial charge on any atom is -0.444 e. The van der Waals surface area contributed by atoms with Crippen LogP contribution < -0.4 is 10.6 Å². The summed E-state index contributed by atoms with van der Waals surface area (Å²) >= 11 is 0. The summed E-state index contributed by atoms with van der Waals surface area (Å²) in [7, 11) is 0. The van der Waals surface area contributed by atoms with Crippen LogP contribution in [0.5, 0.6) is 0 Å². The highest BCUT2D eigenvalue weighted by Gasteiger charge is 2.26. The van der Waals surface area contributed by atoms with Crippen molar-refractivity contribution in [2.45, 2.75) is 45.3 Å². The van der Waals surface area contributed by atoms with Gasteiger partial charge in [0.2, 0.25) is 0 Å². The Morgan fingerprint density at radius 1 is 0.886 bits per heavy atom. The van der Waals surface area contributed by atoms with Crippen LogP contribution in [0.1, 0.15) is 54.3 Å². The highest BCUT2D eigenvalue weighted by molar-refractivity contribution is 6.07. The molecule has 0 atom stereocenters. The quantitative estimate of drug-likeness (QED) is 0.544. The molecule has 1 heterocycles. The van der Waals surface area contributed by atoms with E-state index in [9.17, 15) is 14.4 Å². The van der Waals surface area contributed by atoms with E-state index in [1.54, 1.807) is 32.9 Å². The molecule has 3 amide bonds. The molecule has 7 nitrogen and oxygen atoms in total. The average Bonchev–Trinajstić information content (AvgIpc) is 2.83. The molecule has 0 aromatic heterocycles. The van der Waals surface area contributed by atoms with E-state index in [1.165, 1.54) is 0 Å². The maximum absolute atomic E-state index is 13.3. The average molecular weight is 474 g/mol. The Labute approximate surface area is 205 Å². The van der Waals surface area contributed by atoms with Crippen LogP contribution in [-0.4, -0.2) is 47.5 Å². The SMILES string of the molecule is CC(C)(C)OC(=O)Nc1cc2ccccc2cc1C(=O)NC1CCN(C(=O)c2ccccc2)CC1. The number of anilines is 1. The molecule has 182 valence electrons. The molecule has 4 rings (SSSR count). The van der Waals surface area contributed by atoms with Gasteiger partial charge >= 0.3 is 6.09 Å². The number of amides is 3. The molecule has 3 aromatic carbocycles. The van der Waals surface area contributed by atoms with Gasteiger partial charge in [-0.15, -0.1) is 0 Å². The number of rotatable bonds is 4. The van der Waals surface area contributed by atoms with E-state index in [0.29, 0.717) is 42.7 Å². The first-order valence-electron chi connectivity index (χ1n) is 11.9. The molecule has 7 heteroatoms. The van der Waals surface area contributed by atoms with Gasteiger partial charge in [0.15, 0.2) is 0 Å². The minimum absolute atomic E-state index is 0.00810. The second-order valence-electron chi connectivity index (χ2n) is 9.78. The fraction of sp³-hybridized carbons (Fsp3) is 0.321. The predicted octanol–water partition coefficient (Wildman–Crippen LogP) is 5.22. The third-order valence-corrected chi connectivity index (χ3v) is 5.90. The van der Waals surface area contributed by atoms with Crippen LogP contribution in [-0.2, 0) is 4.74 Å². The van der Waals surface area contributed by atoms with E-state index in [1.807, 2.05) is 59.5 Å². The second-order valence-corrected chi connectivity index (χ2v) is 9.78. The molecule has 0 aliphatic carbocycles. The van der Waals surface area contributed by atoms with E-state index in [-0.39, 0.29) is 17.9 Å². The van der Waals surface area contributed by atoms with Crippen LogP contribution in [0.15, 0.2) is 66.7 Å². The van der Waals surface area contributed by atoms with Crippen molar-refractivity contribution in [2.24, 2.45) is 0 Å². The summed E-state index contributed by atoms with van der Waals surface area (Å²) in [6, 6.07) is 20.4. The van der Waals surface area contributed by atoms with Crippen LogP contribution in [0.3, 0.4) is 0 Å². The molecule has 0 radical (unpaired) electrons. The molecule has 1 fully saturated rings. The van der Waals surface area contributed by atoms with E-state index in [2.05, 4.69) is 10.6 Å². The summed E-state index contributed by atoms with van der Waals surface area (Å²) in [5.74, 6) is -0.261. The van der Waals surface area contributed by atoms with Crippen molar-refractivity contribution in [2.75, 3.05) is 18.4 Å². The van der Waals surface area contributed by atoms with Gasteiger partial charge in [-0.2, -0.15) is 0 Å². The minimum atomic E-state index is -0.658. The Hall–Kier alpha value is -3.87. The first-order valence-corrected chi connectivity index (χ1v) is 11.9. The number of piperidine rings is 1. The lowest BCUT2D eigenvalue weighted by atomic mass is 10.0. The summed E-state index contributed by atoms with van der Waals surface area (Å²) in [6.07, 6.45) is 0.703. The molecule has 1 aliphatic heterocycles. The summed E-state index contributed by atoms with van der Waals surface area (Å²) in [5, 5.41) is 7.64. The molecular weight excluding hydrogens is 442 g/mol. The van der Waals surface area contributed by atoms with Crippen LogP contribution in [0, 0.1) is 0 Å². The van der Waals surface area contributed by atoms with Gasteiger partial charge in [0.25, 0.3) is 11.8 Å². The summed E-state index contributed by atoms with van der Waals surface area (Å²) < 4.78 is 5.39. The summed E-state index contributed by atoms with van der Waals surface area (Å²) in [4.78, 5) is 40.3. The van der Waals surface area contributed by atoms with Gasteiger partial charge in [-0.25, -0.2) is 4.79 Å². The number of hydrogen-bond donors (Lipinski definition) is 2. The smallest absolute Gasteiger partial charge is 0.412 e. The Balaban J connectivity index is 1.46. The number of likely N-dealkylation sites (tertiary alicyclic amines) is 1. The van der Waals surface area contributed by atoms with Crippen LogP contribution in [0.4, 0.5) is 10.5 Å². The zero-order valence-electron chi connectivity index (χ0n) is 20.3. The summed E-state index contributed by atoms with van der Waals surface area (Å²) in [6.45, 7) is 6.50. The number of fused-ring (bicyclic) bond motifs is 1. The Kier molecular flexibility index (Phi) is 7.05. The highest BCUT2D eigenvalue weighted by Crippen LogP contribution is 2.26. The fourth-order valence-corrected chi connectivity index (χ4v) is 4.20. The molecular formula is C28H31N3O4.